The largest absolute Gasteiger partial charge is 0.488 e. The first-order valence-electron chi connectivity index (χ1n) is 11.9. The number of hydrogen-bond donors (Lipinski definition) is 1. The van der Waals surface area contributed by atoms with Gasteiger partial charge in [0.05, 0.1) is 18.9 Å². The normalized spacial score (nSPS) is 20.4. The highest BCUT2D eigenvalue weighted by molar-refractivity contribution is 6.76. The van der Waals surface area contributed by atoms with E-state index in [4.69, 9.17) is 19.2 Å². The standard InChI is InChI=1S/C26H37N3O3Si/c1-29(2)11-13-31-23(18-30-14-15-33(3,4)5)26-27-17-20-8-6-10-21-22(24(20)28-26)16-19-9-7-12-32-25(19)21/h6-7,9-10,16-17,23H,8,11-15,18H2,1-5H3,(H,27,28). The van der Waals surface area contributed by atoms with Crippen LogP contribution in [0.15, 0.2) is 75.3 Å². The van der Waals surface area contributed by atoms with E-state index in [0.29, 0.717) is 19.8 Å². The van der Waals surface area contributed by atoms with Gasteiger partial charge in [-0.05, 0) is 44.3 Å². The van der Waals surface area contributed by atoms with Crippen molar-refractivity contribution in [2.45, 2.75) is 38.2 Å². The molecule has 1 N–H and O–H groups in total. The predicted octanol–water partition coefficient (Wildman–Crippen LogP) is 4.17. The fourth-order valence-corrected chi connectivity index (χ4v) is 4.76. The van der Waals surface area contributed by atoms with E-state index < -0.39 is 8.07 Å². The molecular formula is C26H37N3O3Si. The van der Waals surface area contributed by atoms with Gasteiger partial charge in [0, 0.05) is 44.1 Å². The number of amidine groups is 1. The van der Waals surface area contributed by atoms with Gasteiger partial charge in [0.1, 0.15) is 24.3 Å². The van der Waals surface area contributed by atoms with Gasteiger partial charge < -0.3 is 24.4 Å². The lowest BCUT2D eigenvalue weighted by Crippen LogP contribution is -2.42. The lowest BCUT2D eigenvalue weighted by atomic mass is 10.0. The Morgan fingerprint density at radius 3 is 2.79 bits per heavy atom. The first kappa shape index (κ1) is 23.9. The number of rotatable bonds is 10. The van der Waals surface area contributed by atoms with Crippen LogP contribution in [0.25, 0.3) is 0 Å². The van der Waals surface area contributed by atoms with Gasteiger partial charge in [-0.25, -0.2) is 4.99 Å². The smallest absolute Gasteiger partial charge is 0.138 e. The first-order chi connectivity index (χ1) is 15.8. The van der Waals surface area contributed by atoms with E-state index in [1.165, 1.54) is 5.57 Å². The lowest BCUT2D eigenvalue weighted by molar-refractivity contribution is 0.0156. The van der Waals surface area contributed by atoms with Crippen LogP contribution in [0.5, 0.6) is 0 Å². The van der Waals surface area contributed by atoms with Crippen molar-refractivity contribution in [3.8, 4) is 0 Å². The maximum atomic E-state index is 6.26. The molecule has 1 atom stereocenters. The summed E-state index contributed by atoms with van der Waals surface area (Å²) in [5, 5.41) is 3.62. The molecule has 33 heavy (non-hydrogen) atoms. The van der Waals surface area contributed by atoms with E-state index in [9.17, 15) is 0 Å². The fourth-order valence-electron chi connectivity index (χ4n) is 4.01. The molecule has 0 aromatic heterocycles. The van der Waals surface area contributed by atoms with E-state index in [1.807, 2.05) is 6.20 Å². The van der Waals surface area contributed by atoms with Crippen LogP contribution < -0.4 is 5.32 Å². The number of nitrogens with one attached hydrogen (secondary N) is 1. The van der Waals surface area contributed by atoms with Crippen LogP contribution >= 0.6 is 0 Å². The van der Waals surface area contributed by atoms with Crippen LogP contribution in [0.2, 0.25) is 25.7 Å². The zero-order valence-corrected chi connectivity index (χ0v) is 21.6. The molecule has 2 heterocycles. The van der Waals surface area contributed by atoms with Crippen molar-refractivity contribution >= 4 is 13.9 Å². The number of fused-ring (bicyclic) bond motifs is 3. The molecule has 0 saturated heterocycles. The number of hydrogen-bond acceptors (Lipinski definition) is 6. The summed E-state index contributed by atoms with van der Waals surface area (Å²) in [6, 6.07) is 1.14. The maximum Gasteiger partial charge on any atom is 0.138 e. The van der Waals surface area contributed by atoms with Crippen LogP contribution in [0, 0.1) is 0 Å². The van der Waals surface area contributed by atoms with Gasteiger partial charge in [-0.3, -0.25) is 0 Å². The summed E-state index contributed by atoms with van der Waals surface area (Å²) in [4.78, 5) is 6.89. The molecule has 0 saturated carbocycles. The van der Waals surface area contributed by atoms with Crippen molar-refractivity contribution in [3.63, 3.8) is 0 Å². The van der Waals surface area contributed by atoms with E-state index in [-0.39, 0.29) is 6.10 Å². The Balaban J connectivity index is 1.54. The lowest BCUT2D eigenvalue weighted by Gasteiger charge is -2.27. The molecule has 4 rings (SSSR count). The molecule has 7 heteroatoms. The molecule has 0 aromatic rings. The molecule has 0 spiro atoms. The van der Waals surface area contributed by atoms with Crippen molar-refractivity contribution in [2.24, 2.45) is 4.99 Å². The maximum absolute atomic E-state index is 6.26. The second-order valence-corrected chi connectivity index (χ2v) is 15.9. The molecule has 1 unspecified atom stereocenters. The van der Waals surface area contributed by atoms with Crippen LogP contribution in [0.1, 0.15) is 6.42 Å². The summed E-state index contributed by atoms with van der Waals surface area (Å²) in [6.45, 7) is 10.5. The highest BCUT2D eigenvalue weighted by Gasteiger charge is 2.30. The summed E-state index contributed by atoms with van der Waals surface area (Å²) in [7, 11) is 2.97. The van der Waals surface area contributed by atoms with Gasteiger partial charge in [-0.1, -0.05) is 37.9 Å². The summed E-state index contributed by atoms with van der Waals surface area (Å²) in [5.41, 5.74) is 5.69. The second kappa shape index (κ2) is 10.4. The Bertz CT molecular complexity index is 977. The van der Waals surface area contributed by atoms with E-state index >= 15 is 0 Å². The van der Waals surface area contributed by atoms with Gasteiger partial charge in [-0.2, -0.15) is 0 Å². The van der Waals surface area contributed by atoms with Crippen molar-refractivity contribution in [2.75, 3.05) is 47.1 Å². The summed E-state index contributed by atoms with van der Waals surface area (Å²) >= 11 is 0. The Labute approximate surface area is 199 Å². The number of aliphatic imine (C=N–C) groups is 1. The van der Waals surface area contributed by atoms with Crippen LogP contribution in [0.4, 0.5) is 0 Å². The first-order valence-corrected chi connectivity index (χ1v) is 15.6. The van der Waals surface area contributed by atoms with Crippen molar-refractivity contribution in [3.05, 3.63) is 70.3 Å². The average molecular weight is 468 g/mol. The predicted molar refractivity (Wildman–Crippen MR) is 137 cm³/mol. The molecule has 0 bridgehead atoms. The molecule has 0 aromatic carbocycles. The van der Waals surface area contributed by atoms with Gasteiger partial charge in [-0.15, -0.1) is 0 Å². The molecule has 0 radical (unpaired) electrons. The topological polar surface area (TPSA) is 55.3 Å². The number of ether oxygens (including phenoxy) is 3. The molecule has 0 fully saturated rings. The monoisotopic (exact) mass is 467 g/mol. The molecule has 0 amide bonds. The van der Waals surface area contributed by atoms with Gasteiger partial charge in [0.2, 0.25) is 0 Å². The Morgan fingerprint density at radius 2 is 2.00 bits per heavy atom. The highest BCUT2D eigenvalue weighted by atomic mass is 28.3. The minimum absolute atomic E-state index is 0.239. The van der Waals surface area contributed by atoms with E-state index in [1.54, 1.807) is 0 Å². The molecule has 2 aliphatic carbocycles. The van der Waals surface area contributed by atoms with Crippen molar-refractivity contribution in [1.29, 1.82) is 0 Å². The Hall–Kier alpha value is -2.19. The van der Waals surface area contributed by atoms with E-state index in [2.05, 4.69) is 74.3 Å². The van der Waals surface area contributed by atoms with Crippen molar-refractivity contribution < 1.29 is 14.2 Å². The van der Waals surface area contributed by atoms with Crippen molar-refractivity contribution in [1.82, 2.24) is 10.2 Å². The molecule has 4 aliphatic rings. The molecule has 178 valence electrons. The molecule has 6 nitrogen and oxygen atoms in total. The van der Waals surface area contributed by atoms with Gasteiger partial charge in [0.15, 0.2) is 0 Å². The third-order valence-corrected chi connectivity index (χ3v) is 7.68. The Kier molecular flexibility index (Phi) is 7.54. The molecular weight excluding hydrogens is 430 g/mol. The minimum Gasteiger partial charge on any atom is -0.488 e. The van der Waals surface area contributed by atoms with Crippen LogP contribution in [-0.2, 0) is 14.2 Å². The SMILES string of the molecule is CN(C)CCOC(COCC[Si](C)(C)C)C1=NC=C2CC=CC3=C4OCC=CC4=CC3=C2N1. The summed E-state index contributed by atoms with van der Waals surface area (Å²) in [5.74, 6) is 1.78. The summed E-state index contributed by atoms with van der Waals surface area (Å²) in [6.07, 6.45) is 13.3. The summed E-state index contributed by atoms with van der Waals surface area (Å²) < 4.78 is 18.3. The average Bonchev–Trinajstić information content (AvgIpc) is 3.03. The fraction of sp³-hybridized carbons (Fsp3) is 0.500. The zero-order valence-electron chi connectivity index (χ0n) is 20.6. The van der Waals surface area contributed by atoms with E-state index in [0.717, 1.165) is 59.6 Å². The minimum atomic E-state index is -1.14. The van der Waals surface area contributed by atoms with Crippen LogP contribution in [-0.4, -0.2) is 72.0 Å². The van der Waals surface area contributed by atoms with Crippen LogP contribution in [0.3, 0.4) is 0 Å². The highest BCUT2D eigenvalue weighted by Crippen LogP contribution is 2.40. The second-order valence-electron chi connectivity index (χ2n) is 10.3. The van der Waals surface area contributed by atoms with Gasteiger partial charge in [0.25, 0.3) is 0 Å². The quantitative estimate of drug-likeness (QED) is 0.386. The van der Waals surface area contributed by atoms with Gasteiger partial charge >= 0.3 is 0 Å². The number of nitrogens with zero attached hydrogens (tertiary/aromatic N) is 2. The molecule has 2 aliphatic heterocycles. The number of allylic oxidation sites excluding steroid dienone is 7. The third kappa shape index (κ3) is 6.03. The third-order valence-electron chi connectivity index (χ3n) is 5.97. The Morgan fingerprint density at radius 1 is 1.15 bits per heavy atom. The zero-order chi connectivity index (χ0) is 23.4. The number of likely N-dealkylation sites (N-methyl/N-ethyl adjacent to an activating group) is 1.